The van der Waals surface area contributed by atoms with Gasteiger partial charge in [0, 0.05) is 18.4 Å². The fourth-order valence-corrected chi connectivity index (χ4v) is 1.52. The summed E-state index contributed by atoms with van der Waals surface area (Å²) in [6.45, 7) is 3.47. The van der Waals surface area contributed by atoms with Gasteiger partial charge in [-0.25, -0.2) is 4.98 Å². The molecule has 1 aromatic heterocycles. The monoisotopic (exact) mass is 198 g/mol. The van der Waals surface area contributed by atoms with E-state index in [1.165, 1.54) is 24.3 Å². The number of nitro groups is 1. The molecule has 1 rings (SSSR count). The molecule has 0 saturated heterocycles. The molecule has 0 radical (unpaired) electrons. The molecule has 1 aromatic rings. The number of nitrogens with zero attached hydrogens (tertiary/aromatic N) is 2. The van der Waals surface area contributed by atoms with Crippen LogP contribution in [0.5, 0.6) is 0 Å². The lowest BCUT2D eigenvalue weighted by molar-refractivity contribution is -0.422. The maximum atomic E-state index is 10.3. The molecule has 0 atom stereocenters. The maximum absolute atomic E-state index is 10.3. The fourth-order valence-electron chi connectivity index (χ4n) is 0.820. The second kappa shape index (κ2) is 4.13. The standard InChI is InChI=1S/C8H10N2O2S/c1-3-8-9-7(5-13-8)4-6(2)10(11)12/h4-5H,3H2,1-2H3/b6-4-. The van der Waals surface area contributed by atoms with Crippen LogP contribution < -0.4 is 0 Å². The Morgan fingerprint density at radius 3 is 3.00 bits per heavy atom. The van der Waals surface area contributed by atoms with E-state index in [0.29, 0.717) is 5.69 Å². The van der Waals surface area contributed by atoms with Crippen molar-refractivity contribution in [3.63, 3.8) is 0 Å². The van der Waals surface area contributed by atoms with Gasteiger partial charge >= 0.3 is 0 Å². The SMILES string of the molecule is CCc1nc(/C=C(/C)[N+](=O)[O-])cs1. The molecule has 0 unspecified atom stereocenters. The Balaban J connectivity index is 2.84. The summed E-state index contributed by atoms with van der Waals surface area (Å²) in [7, 11) is 0. The van der Waals surface area contributed by atoms with Crippen molar-refractivity contribution >= 4 is 17.4 Å². The van der Waals surface area contributed by atoms with Crippen LogP contribution in [0, 0.1) is 10.1 Å². The molecule has 0 aliphatic rings. The highest BCUT2D eigenvalue weighted by Crippen LogP contribution is 2.13. The molecule has 0 bridgehead atoms. The summed E-state index contributed by atoms with van der Waals surface area (Å²) in [5, 5.41) is 13.1. The Morgan fingerprint density at radius 1 is 1.85 bits per heavy atom. The van der Waals surface area contributed by atoms with Crippen molar-refractivity contribution in [2.75, 3.05) is 0 Å². The van der Waals surface area contributed by atoms with Crippen LogP contribution in [-0.4, -0.2) is 9.91 Å². The van der Waals surface area contributed by atoms with Crippen LogP contribution in [-0.2, 0) is 6.42 Å². The van der Waals surface area contributed by atoms with E-state index in [1.807, 2.05) is 12.3 Å². The summed E-state index contributed by atoms with van der Waals surface area (Å²) in [5.41, 5.74) is 0.795. The molecule has 0 aliphatic carbocycles. The van der Waals surface area contributed by atoms with Crippen molar-refractivity contribution in [2.24, 2.45) is 0 Å². The number of hydrogen-bond acceptors (Lipinski definition) is 4. The number of aromatic nitrogens is 1. The Kier molecular flexibility index (Phi) is 3.13. The molecule has 5 heteroatoms. The summed E-state index contributed by atoms with van der Waals surface area (Å²) >= 11 is 1.52. The van der Waals surface area contributed by atoms with Gasteiger partial charge in [0.15, 0.2) is 0 Å². The predicted molar refractivity (Wildman–Crippen MR) is 52.1 cm³/mol. The number of hydrogen-bond donors (Lipinski definition) is 0. The number of allylic oxidation sites excluding steroid dienone is 1. The van der Waals surface area contributed by atoms with Crippen molar-refractivity contribution < 1.29 is 4.92 Å². The van der Waals surface area contributed by atoms with Crippen LogP contribution in [0.15, 0.2) is 11.1 Å². The molecule has 0 N–H and O–H groups in total. The largest absolute Gasteiger partial charge is 0.259 e. The first kappa shape index (κ1) is 9.85. The quantitative estimate of drug-likeness (QED) is 0.553. The van der Waals surface area contributed by atoms with Gasteiger partial charge in [-0.1, -0.05) is 6.92 Å². The smallest absolute Gasteiger partial charge is 0.245 e. The molecule has 0 fully saturated rings. The lowest BCUT2D eigenvalue weighted by atomic mass is 10.4. The normalized spacial score (nSPS) is 11.7. The van der Waals surface area contributed by atoms with Crippen LogP contribution in [0.1, 0.15) is 24.5 Å². The molecule has 4 nitrogen and oxygen atoms in total. The predicted octanol–water partition coefficient (Wildman–Crippen LogP) is 2.34. The molecule has 0 aliphatic heterocycles. The molecule has 0 spiro atoms. The third-order valence-electron chi connectivity index (χ3n) is 1.52. The van der Waals surface area contributed by atoms with E-state index < -0.39 is 4.92 Å². The third-order valence-corrected chi connectivity index (χ3v) is 2.53. The van der Waals surface area contributed by atoms with Crippen LogP contribution >= 0.6 is 11.3 Å². The van der Waals surface area contributed by atoms with Crippen LogP contribution in [0.4, 0.5) is 0 Å². The van der Waals surface area contributed by atoms with E-state index in [-0.39, 0.29) is 5.70 Å². The van der Waals surface area contributed by atoms with E-state index in [9.17, 15) is 10.1 Å². The lowest BCUT2D eigenvalue weighted by Crippen LogP contribution is -1.93. The fraction of sp³-hybridized carbons (Fsp3) is 0.375. The second-order valence-corrected chi connectivity index (χ2v) is 3.51. The summed E-state index contributed by atoms with van der Waals surface area (Å²) < 4.78 is 0. The van der Waals surface area contributed by atoms with Crippen molar-refractivity contribution in [2.45, 2.75) is 20.3 Å². The Morgan fingerprint density at radius 2 is 2.54 bits per heavy atom. The van der Waals surface area contributed by atoms with Crippen molar-refractivity contribution in [3.05, 3.63) is 31.9 Å². The highest BCUT2D eigenvalue weighted by Gasteiger charge is 2.04. The van der Waals surface area contributed by atoms with Gasteiger partial charge in [0.1, 0.15) is 0 Å². The van der Waals surface area contributed by atoms with Crippen LogP contribution in [0.3, 0.4) is 0 Å². The van der Waals surface area contributed by atoms with Gasteiger partial charge in [0.25, 0.3) is 0 Å². The second-order valence-electron chi connectivity index (χ2n) is 2.56. The molecular weight excluding hydrogens is 188 g/mol. The van der Waals surface area contributed by atoms with Gasteiger partial charge in [-0.05, 0) is 6.42 Å². The minimum atomic E-state index is -0.412. The van der Waals surface area contributed by atoms with Gasteiger partial charge in [0.2, 0.25) is 5.70 Å². The average Bonchev–Trinajstić information content (AvgIpc) is 2.52. The first-order chi connectivity index (χ1) is 6.13. The van der Waals surface area contributed by atoms with Crippen molar-refractivity contribution in [1.82, 2.24) is 4.98 Å². The highest BCUT2D eigenvalue weighted by molar-refractivity contribution is 7.09. The molecule has 0 aromatic carbocycles. The third kappa shape index (κ3) is 2.62. The van der Waals surface area contributed by atoms with E-state index >= 15 is 0 Å². The van der Waals surface area contributed by atoms with Crippen molar-refractivity contribution in [3.8, 4) is 0 Å². The van der Waals surface area contributed by atoms with Gasteiger partial charge in [-0.15, -0.1) is 11.3 Å². The highest BCUT2D eigenvalue weighted by atomic mass is 32.1. The van der Waals surface area contributed by atoms with E-state index in [4.69, 9.17) is 0 Å². The summed E-state index contributed by atoms with van der Waals surface area (Å²) in [4.78, 5) is 14.1. The molecular formula is C8H10N2O2S. The average molecular weight is 198 g/mol. The number of rotatable bonds is 3. The van der Waals surface area contributed by atoms with Gasteiger partial charge < -0.3 is 0 Å². The van der Waals surface area contributed by atoms with Gasteiger partial charge in [-0.2, -0.15) is 0 Å². The number of aryl methyl sites for hydroxylation is 1. The zero-order valence-electron chi connectivity index (χ0n) is 7.48. The number of thiazole rings is 1. The first-order valence-electron chi connectivity index (χ1n) is 3.90. The minimum Gasteiger partial charge on any atom is -0.259 e. The van der Waals surface area contributed by atoms with Crippen LogP contribution in [0.2, 0.25) is 0 Å². The van der Waals surface area contributed by atoms with E-state index in [2.05, 4.69) is 4.98 Å². The van der Waals surface area contributed by atoms with Crippen molar-refractivity contribution in [1.29, 1.82) is 0 Å². The van der Waals surface area contributed by atoms with Gasteiger partial charge in [0.05, 0.1) is 15.6 Å². The summed E-state index contributed by atoms with van der Waals surface area (Å²) in [5.74, 6) is 0. The molecule has 1 heterocycles. The Bertz CT molecular complexity index is 344. The first-order valence-corrected chi connectivity index (χ1v) is 4.78. The summed E-state index contributed by atoms with van der Waals surface area (Å²) in [6, 6.07) is 0. The Labute approximate surface area is 80.1 Å². The van der Waals surface area contributed by atoms with E-state index in [1.54, 1.807) is 0 Å². The minimum absolute atomic E-state index is 0.118. The molecule has 0 saturated carbocycles. The summed E-state index contributed by atoms with van der Waals surface area (Å²) in [6.07, 6.45) is 2.35. The van der Waals surface area contributed by atoms with Crippen LogP contribution in [0.25, 0.3) is 6.08 Å². The zero-order valence-corrected chi connectivity index (χ0v) is 8.30. The molecule has 70 valence electrons. The van der Waals surface area contributed by atoms with E-state index in [0.717, 1.165) is 11.4 Å². The Hall–Kier alpha value is -1.23. The zero-order chi connectivity index (χ0) is 9.84. The van der Waals surface area contributed by atoms with Gasteiger partial charge in [-0.3, -0.25) is 10.1 Å². The topological polar surface area (TPSA) is 56.0 Å². The maximum Gasteiger partial charge on any atom is 0.245 e. The lowest BCUT2D eigenvalue weighted by Gasteiger charge is -1.87. The molecule has 0 amide bonds. The molecule has 13 heavy (non-hydrogen) atoms.